The normalized spacial score (nSPS) is 20.2. The van der Waals surface area contributed by atoms with Crippen LogP contribution in [0.25, 0.3) is 0 Å². The molecule has 0 saturated carbocycles. The third kappa shape index (κ3) is 3.17. The SMILES string of the molecule is COc1ccc(CN2CCCCC2C(=O)O)c(O)c1. The second-order valence-corrected chi connectivity index (χ2v) is 4.81. The van der Waals surface area contributed by atoms with Gasteiger partial charge in [0.05, 0.1) is 7.11 Å². The Bertz CT molecular complexity index is 461. The zero-order chi connectivity index (χ0) is 13.8. The first-order valence-electron chi connectivity index (χ1n) is 6.44. The number of benzene rings is 1. The number of aromatic hydroxyl groups is 1. The van der Waals surface area contributed by atoms with Gasteiger partial charge in [-0.05, 0) is 25.5 Å². The van der Waals surface area contributed by atoms with E-state index in [-0.39, 0.29) is 5.75 Å². The molecule has 5 heteroatoms. The molecule has 1 heterocycles. The highest BCUT2D eigenvalue weighted by molar-refractivity contribution is 5.73. The molecule has 1 saturated heterocycles. The smallest absolute Gasteiger partial charge is 0.320 e. The van der Waals surface area contributed by atoms with Crippen LogP contribution in [0.5, 0.6) is 11.5 Å². The van der Waals surface area contributed by atoms with Crippen LogP contribution >= 0.6 is 0 Å². The van der Waals surface area contributed by atoms with E-state index in [1.807, 2.05) is 4.90 Å². The van der Waals surface area contributed by atoms with Gasteiger partial charge in [0.25, 0.3) is 0 Å². The number of rotatable bonds is 4. The van der Waals surface area contributed by atoms with Crippen LogP contribution in [0.3, 0.4) is 0 Å². The van der Waals surface area contributed by atoms with Crippen molar-refractivity contribution < 1.29 is 19.7 Å². The Kier molecular flexibility index (Phi) is 4.27. The molecule has 1 aliphatic heterocycles. The lowest BCUT2D eigenvalue weighted by atomic mass is 10.0. The molecule has 1 fully saturated rings. The molecule has 0 radical (unpaired) electrons. The van der Waals surface area contributed by atoms with Crippen molar-refractivity contribution in [2.75, 3.05) is 13.7 Å². The summed E-state index contributed by atoms with van der Waals surface area (Å²) in [5, 5.41) is 19.1. The summed E-state index contributed by atoms with van der Waals surface area (Å²) < 4.78 is 5.03. The van der Waals surface area contributed by atoms with Gasteiger partial charge in [-0.1, -0.05) is 12.5 Å². The third-order valence-electron chi connectivity index (χ3n) is 3.56. The molecule has 1 aliphatic rings. The van der Waals surface area contributed by atoms with Crippen LogP contribution in [-0.4, -0.2) is 40.8 Å². The minimum atomic E-state index is -0.785. The highest BCUT2D eigenvalue weighted by Crippen LogP contribution is 2.27. The number of carboxylic acids is 1. The molecule has 2 N–H and O–H groups in total. The molecular weight excluding hydrogens is 246 g/mol. The molecule has 0 spiro atoms. The summed E-state index contributed by atoms with van der Waals surface area (Å²) in [6.07, 6.45) is 2.62. The number of methoxy groups -OCH3 is 1. The number of aliphatic carboxylic acids is 1. The van der Waals surface area contributed by atoms with Gasteiger partial charge in [-0.3, -0.25) is 9.69 Å². The predicted molar refractivity (Wildman–Crippen MR) is 70.3 cm³/mol. The summed E-state index contributed by atoms with van der Waals surface area (Å²) in [5.41, 5.74) is 0.731. The van der Waals surface area contributed by atoms with Crippen LogP contribution in [0, 0.1) is 0 Å². The highest BCUT2D eigenvalue weighted by Gasteiger charge is 2.28. The van der Waals surface area contributed by atoms with E-state index in [1.165, 1.54) is 0 Å². The Hall–Kier alpha value is -1.75. The first kappa shape index (κ1) is 13.7. The lowest BCUT2D eigenvalue weighted by Gasteiger charge is -2.33. The molecule has 104 valence electrons. The largest absolute Gasteiger partial charge is 0.507 e. The van der Waals surface area contributed by atoms with Crippen molar-refractivity contribution in [1.82, 2.24) is 4.90 Å². The van der Waals surface area contributed by atoms with E-state index in [0.717, 1.165) is 24.9 Å². The number of ether oxygens (including phenoxy) is 1. The lowest BCUT2D eigenvalue weighted by Crippen LogP contribution is -2.43. The number of likely N-dealkylation sites (tertiary alicyclic amines) is 1. The van der Waals surface area contributed by atoms with E-state index < -0.39 is 12.0 Å². The zero-order valence-electron chi connectivity index (χ0n) is 11.0. The third-order valence-corrected chi connectivity index (χ3v) is 3.56. The molecular formula is C14H19NO4. The maximum atomic E-state index is 11.2. The van der Waals surface area contributed by atoms with Gasteiger partial charge in [0.1, 0.15) is 17.5 Å². The second-order valence-electron chi connectivity index (χ2n) is 4.81. The van der Waals surface area contributed by atoms with Crippen molar-refractivity contribution in [1.29, 1.82) is 0 Å². The van der Waals surface area contributed by atoms with Crippen molar-refractivity contribution >= 4 is 5.97 Å². The van der Waals surface area contributed by atoms with Gasteiger partial charge >= 0.3 is 5.97 Å². The van der Waals surface area contributed by atoms with Crippen molar-refractivity contribution in [3.8, 4) is 11.5 Å². The number of hydrogen-bond donors (Lipinski definition) is 2. The maximum absolute atomic E-state index is 11.2. The lowest BCUT2D eigenvalue weighted by molar-refractivity contribution is -0.144. The molecule has 5 nitrogen and oxygen atoms in total. The van der Waals surface area contributed by atoms with E-state index in [1.54, 1.807) is 25.3 Å². The van der Waals surface area contributed by atoms with Crippen molar-refractivity contribution in [3.63, 3.8) is 0 Å². The van der Waals surface area contributed by atoms with E-state index in [2.05, 4.69) is 0 Å². The van der Waals surface area contributed by atoms with Gasteiger partial charge in [0.2, 0.25) is 0 Å². The summed E-state index contributed by atoms with van der Waals surface area (Å²) in [7, 11) is 1.54. The van der Waals surface area contributed by atoms with Crippen LogP contribution in [0.15, 0.2) is 18.2 Å². The minimum Gasteiger partial charge on any atom is -0.507 e. The molecule has 2 rings (SSSR count). The summed E-state index contributed by atoms with van der Waals surface area (Å²) >= 11 is 0. The van der Waals surface area contributed by atoms with Gasteiger partial charge in [0, 0.05) is 18.2 Å². The molecule has 19 heavy (non-hydrogen) atoms. The summed E-state index contributed by atoms with van der Waals surface area (Å²) in [4.78, 5) is 13.1. The Morgan fingerprint density at radius 3 is 2.89 bits per heavy atom. The summed E-state index contributed by atoms with van der Waals surface area (Å²) in [6, 6.07) is 4.65. The number of carboxylic acid groups (broad SMARTS) is 1. The van der Waals surface area contributed by atoms with E-state index >= 15 is 0 Å². The van der Waals surface area contributed by atoms with E-state index in [4.69, 9.17) is 4.74 Å². The Labute approximate surface area is 112 Å². The molecule has 1 atom stereocenters. The summed E-state index contributed by atoms with van der Waals surface area (Å²) in [6.45, 7) is 1.20. The Morgan fingerprint density at radius 2 is 2.26 bits per heavy atom. The van der Waals surface area contributed by atoms with Crippen LogP contribution in [0.4, 0.5) is 0 Å². The van der Waals surface area contributed by atoms with Crippen molar-refractivity contribution in [3.05, 3.63) is 23.8 Å². The molecule has 0 aliphatic carbocycles. The topological polar surface area (TPSA) is 70.0 Å². The van der Waals surface area contributed by atoms with Gasteiger partial charge in [-0.25, -0.2) is 0 Å². The fourth-order valence-corrected chi connectivity index (χ4v) is 2.48. The minimum absolute atomic E-state index is 0.147. The first-order valence-corrected chi connectivity index (χ1v) is 6.44. The zero-order valence-corrected chi connectivity index (χ0v) is 11.0. The molecule has 0 aromatic heterocycles. The number of phenolic OH excluding ortho intramolecular Hbond substituents is 1. The Balaban J connectivity index is 2.12. The number of hydrogen-bond acceptors (Lipinski definition) is 4. The number of piperidine rings is 1. The van der Waals surface area contributed by atoms with Crippen LogP contribution < -0.4 is 4.74 Å². The van der Waals surface area contributed by atoms with Gasteiger partial charge in [-0.15, -0.1) is 0 Å². The first-order chi connectivity index (χ1) is 9.11. The number of carbonyl (C=O) groups is 1. The average Bonchev–Trinajstić information content (AvgIpc) is 2.41. The molecule has 1 aromatic rings. The summed E-state index contributed by atoms with van der Waals surface area (Å²) in [5.74, 6) is -0.0450. The van der Waals surface area contributed by atoms with Crippen LogP contribution in [0.2, 0.25) is 0 Å². The Morgan fingerprint density at radius 1 is 1.47 bits per heavy atom. The molecule has 1 aromatic carbocycles. The van der Waals surface area contributed by atoms with Crippen molar-refractivity contribution in [2.45, 2.75) is 31.8 Å². The number of nitrogens with zero attached hydrogens (tertiary/aromatic N) is 1. The molecule has 0 bridgehead atoms. The standard InChI is InChI=1S/C14H19NO4/c1-19-11-6-5-10(13(16)8-11)9-15-7-3-2-4-12(15)14(17)18/h5-6,8,12,16H,2-4,7,9H2,1H3,(H,17,18). The van der Waals surface area contributed by atoms with Crippen LogP contribution in [0.1, 0.15) is 24.8 Å². The maximum Gasteiger partial charge on any atom is 0.320 e. The van der Waals surface area contributed by atoms with Gasteiger partial charge < -0.3 is 14.9 Å². The van der Waals surface area contributed by atoms with Crippen LogP contribution in [-0.2, 0) is 11.3 Å². The fraction of sp³-hybridized carbons (Fsp3) is 0.500. The highest BCUT2D eigenvalue weighted by atomic mass is 16.5. The van der Waals surface area contributed by atoms with E-state index in [0.29, 0.717) is 18.7 Å². The second kappa shape index (κ2) is 5.93. The van der Waals surface area contributed by atoms with Crippen molar-refractivity contribution in [2.24, 2.45) is 0 Å². The predicted octanol–water partition coefficient (Wildman–Crippen LogP) is 1.84. The monoisotopic (exact) mass is 265 g/mol. The average molecular weight is 265 g/mol. The van der Waals surface area contributed by atoms with E-state index in [9.17, 15) is 15.0 Å². The quantitative estimate of drug-likeness (QED) is 0.869. The van der Waals surface area contributed by atoms with Gasteiger partial charge in [-0.2, -0.15) is 0 Å². The molecule has 1 unspecified atom stereocenters. The number of phenols is 1. The molecule has 0 amide bonds. The fourth-order valence-electron chi connectivity index (χ4n) is 2.48. The van der Waals surface area contributed by atoms with Gasteiger partial charge in [0.15, 0.2) is 0 Å².